The first-order valence-electron chi connectivity index (χ1n) is 10.6. The average Bonchev–Trinajstić information content (AvgIpc) is 2.74. The standard InChI is InChI=1S/C25H34N2O/c1-5-19-16-17-25(3,27(4)18-19)23(21-13-8-7-9-14-21)26-24(28)22-15-11-10-12-20(22)6-2/h7-15,19,23H,5-6,16-18H2,1-4H3,(H,26,28)/t19?,23-,25?/m1/s1. The van der Waals surface area contributed by atoms with Gasteiger partial charge in [0.25, 0.3) is 5.91 Å². The smallest absolute Gasteiger partial charge is 0.252 e. The van der Waals surface area contributed by atoms with E-state index in [9.17, 15) is 4.79 Å². The van der Waals surface area contributed by atoms with Crippen molar-refractivity contribution in [3.05, 3.63) is 71.3 Å². The van der Waals surface area contributed by atoms with E-state index in [0.717, 1.165) is 36.4 Å². The van der Waals surface area contributed by atoms with Crippen LogP contribution in [0.5, 0.6) is 0 Å². The van der Waals surface area contributed by atoms with Gasteiger partial charge in [-0.15, -0.1) is 0 Å². The van der Waals surface area contributed by atoms with Gasteiger partial charge in [0, 0.05) is 17.6 Å². The van der Waals surface area contributed by atoms with Crippen molar-refractivity contribution in [3.8, 4) is 0 Å². The van der Waals surface area contributed by atoms with Gasteiger partial charge in [0.1, 0.15) is 0 Å². The summed E-state index contributed by atoms with van der Waals surface area (Å²) in [6.07, 6.45) is 4.36. The van der Waals surface area contributed by atoms with E-state index in [0.29, 0.717) is 0 Å². The highest BCUT2D eigenvalue weighted by molar-refractivity contribution is 5.96. The molecule has 0 bridgehead atoms. The van der Waals surface area contributed by atoms with Crippen LogP contribution >= 0.6 is 0 Å². The summed E-state index contributed by atoms with van der Waals surface area (Å²) in [5, 5.41) is 3.42. The van der Waals surface area contributed by atoms with Gasteiger partial charge in [-0.3, -0.25) is 9.69 Å². The molecule has 3 heteroatoms. The lowest BCUT2D eigenvalue weighted by Crippen LogP contribution is -2.57. The maximum absolute atomic E-state index is 13.3. The summed E-state index contributed by atoms with van der Waals surface area (Å²) >= 11 is 0. The van der Waals surface area contributed by atoms with Crippen molar-refractivity contribution in [2.24, 2.45) is 5.92 Å². The lowest BCUT2D eigenvalue weighted by atomic mass is 9.75. The normalized spacial score (nSPS) is 23.9. The SMILES string of the molecule is CCc1ccccc1C(=O)N[C@H](c1ccccc1)C1(C)CCC(CC)CN1C. The fourth-order valence-corrected chi connectivity index (χ4v) is 4.57. The lowest BCUT2D eigenvalue weighted by molar-refractivity contribution is 0.0229. The highest BCUT2D eigenvalue weighted by atomic mass is 16.1. The van der Waals surface area contributed by atoms with Gasteiger partial charge in [0.15, 0.2) is 0 Å². The minimum absolute atomic E-state index is 0.0264. The van der Waals surface area contributed by atoms with Crippen LogP contribution in [0.1, 0.15) is 67.6 Å². The Labute approximate surface area is 170 Å². The highest BCUT2D eigenvalue weighted by Gasteiger charge is 2.43. The van der Waals surface area contributed by atoms with Crippen LogP contribution < -0.4 is 5.32 Å². The zero-order valence-corrected chi connectivity index (χ0v) is 17.7. The van der Waals surface area contributed by atoms with E-state index in [1.807, 2.05) is 30.3 Å². The molecule has 1 amide bonds. The average molecular weight is 379 g/mol. The molecule has 1 aliphatic rings. The predicted octanol–water partition coefficient (Wildman–Crippen LogP) is 5.23. The van der Waals surface area contributed by atoms with E-state index in [1.54, 1.807) is 0 Å². The third-order valence-electron chi connectivity index (χ3n) is 6.71. The molecule has 3 rings (SSSR count). The zero-order chi connectivity index (χ0) is 20.1. The minimum atomic E-state index is -0.107. The van der Waals surface area contributed by atoms with Crippen LogP contribution in [-0.2, 0) is 6.42 Å². The molecule has 0 aromatic heterocycles. The van der Waals surface area contributed by atoms with Crippen LogP contribution in [0, 0.1) is 5.92 Å². The van der Waals surface area contributed by atoms with Gasteiger partial charge in [-0.1, -0.05) is 68.8 Å². The largest absolute Gasteiger partial charge is 0.343 e. The van der Waals surface area contributed by atoms with Crippen molar-refractivity contribution in [2.45, 2.75) is 58.0 Å². The van der Waals surface area contributed by atoms with E-state index in [1.165, 1.54) is 18.4 Å². The lowest BCUT2D eigenvalue weighted by Gasteiger charge is -2.50. The van der Waals surface area contributed by atoms with Gasteiger partial charge in [-0.2, -0.15) is 0 Å². The number of hydrogen-bond donors (Lipinski definition) is 1. The number of aryl methyl sites for hydroxylation is 1. The Morgan fingerprint density at radius 1 is 1.14 bits per heavy atom. The number of likely N-dealkylation sites (tertiary alicyclic amines) is 1. The van der Waals surface area contributed by atoms with Crippen LogP contribution in [0.3, 0.4) is 0 Å². The molecule has 2 aromatic carbocycles. The third-order valence-corrected chi connectivity index (χ3v) is 6.71. The number of carbonyl (C=O) groups excluding carboxylic acids is 1. The van der Waals surface area contributed by atoms with Crippen molar-refractivity contribution in [1.82, 2.24) is 10.2 Å². The Bertz CT molecular complexity index is 788. The molecule has 0 saturated carbocycles. The van der Waals surface area contributed by atoms with Crippen molar-refractivity contribution >= 4 is 5.91 Å². The summed E-state index contributed by atoms with van der Waals surface area (Å²) in [4.78, 5) is 15.8. The van der Waals surface area contributed by atoms with Gasteiger partial charge in [-0.05, 0) is 56.3 Å². The van der Waals surface area contributed by atoms with E-state index >= 15 is 0 Å². The second-order valence-electron chi connectivity index (χ2n) is 8.38. The number of likely N-dealkylation sites (N-methyl/N-ethyl adjacent to an activating group) is 1. The van der Waals surface area contributed by atoms with Gasteiger partial charge in [0.2, 0.25) is 0 Å². The molecule has 0 radical (unpaired) electrons. The first kappa shape index (κ1) is 20.6. The number of rotatable bonds is 6. The number of nitrogens with one attached hydrogen (secondary N) is 1. The molecule has 150 valence electrons. The fourth-order valence-electron chi connectivity index (χ4n) is 4.57. The van der Waals surface area contributed by atoms with Crippen LogP contribution in [0.4, 0.5) is 0 Å². The molecule has 2 unspecified atom stereocenters. The third kappa shape index (κ3) is 4.15. The molecule has 1 aliphatic heterocycles. The first-order valence-corrected chi connectivity index (χ1v) is 10.6. The molecule has 2 aromatic rings. The quantitative estimate of drug-likeness (QED) is 0.746. The maximum Gasteiger partial charge on any atom is 0.252 e. The molecule has 1 heterocycles. The van der Waals surface area contributed by atoms with E-state index < -0.39 is 0 Å². The number of nitrogens with zero attached hydrogens (tertiary/aromatic N) is 1. The summed E-state index contributed by atoms with van der Waals surface area (Å²) in [5.74, 6) is 0.768. The van der Waals surface area contributed by atoms with E-state index in [2.05, 4.69) is 62.3 Å². The fraction of sp³-hybridized carbons (Fsp3) is 0.480. The first-order chi connectivity index (χ1) is 13.5. The molecule has 0 spiro atoms. The Balaban J connectivity index is 1.93. The zero-order valence-electron chi connectivity index (χ0n) is 17.7. The number of benzene rings is 2. The van der Waals surface area contributed by atoms with E-state index in [4.69, 9.17) is 0 Å². The molecule has 1 saturated heterocycles. The topological polar surface area (TPSA) is 32.3 Å². The van der Waals surface area contributed by atoms with Crippen molar-refractivity contribution in [3.63, 3.8) is 0 Å². The van der Waals surface area contributed by atoms with Gasteiger partial charge in [0.05, 0.1) is 6.04 Å². The summed E-state index contributed by atoms with van der Waals surface area (Å²) in [5.41, 5.74) is 2.96. The van der Waals surface area contributed by atoms with Crippen molar-refractivity contribution in [1.29, 1.82) is 0 Å². The second-order valence-corrected chi connectivity index (χ2v) is 8.38. The molecular weight excluding hydrogens is 344 g/mol. The molecule has 3 nitrogen and oxygen atoms in total. The molecular formula is C25H34N2O. The Hall–Kier alpha value is -2.13. The van der Waals surface area contributed by atoms with Crippen LogP contribution in [0.25, 0.3) is 0 Å². The van der Waals surface area contributed by atoms with Gasteiger partial charge < -0.3 is 5.32 Å². The molecule has 28 heavy (non-hydrogen) atoms. The monoisotopic (exact) mass is 378 g/mol. The summed E-state index contributed by atoms with van der Waals surface area (Å²) in [6.45, 7) is 7.77. The molecule has 1 fully saturated rings. The minimum Gasteiger partial charge on any atom is -0.343 e. The van der Waals surface area contributed by atoms with Crippen LogP contribution in [-0.4, -0.2) is 29.9 Å². The van der Waals surface area contributed by atoms with Gasteiger partial charge in [-0.25, -0.2) is 0 Å². The maximum atomic E-state index is 13.3. The van der Waals surface area contributed by atoms with Crippen LogP contribution in [0.2, 0.25) is 0 Å². The number of piperidine rings is 1. The Kier molecular flexibility index (Phi) is 6.56. The number of carbonyl (C=O) groups is 1. The number of amides is 1. The molecule has 0 aliphatic carbocycles. The Morgan fingerprint density at radius 2 is 1.82 bits per heavy atom. The summed E-state index contributed by atoms with van der Waals surface area (Å²) < 4.78 is 0. The predicted molar refractivity (Wildman–Crippen MR) is 117 cm³/mol. The Morgan fingerprint density at radius 3 is 2.46 bits per heavy atom. The van der Waals surface area contributed by atoms with Gasteiger partial charge >= 0.3 is 0 Å². The van der Waals surface area contributed by atoms with Crippen molar-refractivity contribution in [2.75, 3.05) is 13.6 Å². The molecule has 1 N–H and O–H groups in total. The summed E-state index contributed by atoms with van der Waals surface area (Å²) in [7, 11) is 2.21. The van der Waals surface area contributed by atoms with Crippen molar-refractivity contribution < 1.29 is 4.79 Å². The molecule has 3 atom stereocenters. The second kappa shape index (κ2) is 8.91. The summed E-state index contributed by atoms with van der Waals surface area (Å²) in [6, 6.07) is 18.3. The van der Waals surface area contributed by atoms with Crippen LogP contribution in [0.15, 0.2) is 54.6 Å². The number of hydrogen-bond acceptors (Lipinski definition) is 2. The van der Waals surface area contributed by atoms with E-state index in [-0.39, 0.29) is 17.5 Å². The highest BCUT2D eigenvalue weighted by Crippen LogP contribution is 2.40.